The summed E-state index contributed by atoms with van der Waals surface area (Å²) >= 11 is 0. The molecule has 2 N–H and O–H groups in total. The molecule has 0 radical (unpaired) electrons. The number of rotatable bonds is 4. The van der Waals surface area contributed by atoms with Crippen LogP contribution in [0.5, 0.6) is 5.88 Å². The van der Waals surface area contributed by atoms with Crippen molar-refractivity contribution in [1.29, 1.82) is 0 Å². The van der Waals surface area contributed by atoms with Gasteiger partial charge in [0.1, 0.15) is 6.33 Å². The van der Waals surface area contributed by atoms with Gasteiger partial charge in [0.2, 0.25) is 11.8 Å². The molecule has 1 amide bonds. The number of aromatic nitrogens is 4. The summed E-state index contributed by atoms with van der Waals surface area (Å²) in [6, 6.07) is 11.0. The molecule has 106 valence electrons. The van der Waals surface area contributed by atoms with Gasteiger partial charge in [-0.2, -0.15) is 14.6 Å². The van der Waals surface area contributed by atoms with E-state index in [4.69, 9.17) is 0 Å². The second kappa shape index (κ2) is 5.58. The molecule has 0 aliphatic carbocycles. The molecule has 3 aromatic rings. The summed E-state index contributed by atoms with van der Waals surface area (Å²) in [7, 11) is 0. The third kappa shape index (κ3) is 2.97. The van der Waals surface area contributed by atoms with E-state index in [-0.39, 0.29) is 24.0 Å². The largest absolute Gasteiger partial charge is 0.493 e. The molecule has 0 atom stereocenters. The highest BCUT2D eigenvalue weighted by atomic mass is 16.3. The van der Waals surface area contributed by atoms with Crippen LogP contribution in [0.25, 0.3) is 5.78 Å². The molecule has 3 rings (SSSR count). The summed E-state index contributed by atoms with van der Waals surface area (Å²) < 4.78 is 1.20. The van der Waals surface area contributed by atoms with E-state index < -0.39 is 0 Å². The molecule has 0 bridgehead atoms. The van der Waals surface area contributed by atoms with Crippen molar-refractivity contribution in [2.75, 3.05) is 0 Å². The maximum Gasteiger partial charge on any atom is 0.255 e. The number of hydrogen-bond acceptors (Lipinski definition) is 5. The monoisotopic (exact) mass is 283 g/mol. The molecular weight excluding hydrogens is 270 g/mol. The minimum absolute atomic E-state index is 0.0732. The predicted octanol–water partition coefficient (Wildman–Crippen LogP) is 0.689. The molecule has 1 aromatic carbocycles. The van der Waals surface area contributed by atoms with Crippen molar-refractivity contribution in [2.24, 2.45) is 0 Å². The molecule has 7 heteroatoms. The number of nitrogens with zero attached hydrogens (tertiary/aromatic N) is 4. The smallest absolute Gasteiger partial charge is 0.255 e. The number of hydrogen-bond donors (Lipinski definition) is 2. The van der Waals surface area contributed by atoms with Crippen molar-refractivity contribution < 1.29 is 9.90 Å². The van der Waals surface area contributed by atoms with Crippen molar-refractivity contribution in [1.82, 2.24) is 24.9 Å². The number of amides is 1. The van der Waals surface area contributed by atoms with Crippen LogP contribution in [0.3, 0.4) is 0 Å². The van der Waals surface area contributed by atoms with Crippen molar-refractivity contribution in [2.45, 2.75) is 13.0 Å². The Hall–Kier alpha value is -2.96. The Kier molecular flexibility index (Phi) is 3.46. The molecule has 0 saturated carbocycles. The lowest BCUT2D eigenvalue weighted by Gasteiger charge is -2.05. The van der Waals surface area contributed by atoms with Gasteiger partial charge in [-0.15, -0.1) is 0 Å². The number of benzene rings is 1. The van der Waals surface area contributed by atoms with Crippen molar-refractivity contribution in [3.8, 4) is 5.88 Å². The molecule has 0 saturated heterocycles. The maximum atomic E-state index is 11.9. The molecular formula is C14H13N5O2. The highest BCUT2D eigenvalue weighted by molar-refractivity contribution is 5.78. The molecule has 0 spiro atoms. The van der Waals surface area contributed by atoms with Crippen molar-refractivity contribution in [3.05, 3.63) is 54.0 Å². The summed E-state index contributed by atoms with van der Waals surface area (Å²) in [4.78, 5) is 19.9. The van der Waals surface area contributed by atoms with E-state index in [2.05, 4.69) is 20.4 Å². The van der Waals surface area contributed by atoms with Gasteiger partial charge in [-0.3, -0.25) is 4.79 Å². The van der Waals surface area contributed by atoms with E-state index in [9.17, 15) is 9.90 Å². The van der Waals surface area contributed by atoms with Crippen LogP contribution < -0.4 is 5.32 Å². The third-order valence-corrected chi connectivity index (χ3v) is 2.96. The maximum absolute atomic E-state index is 11.9. The van der Waals surface area contributed by atoms with E-state index in [1.807, 2.05) is 30.3 Å². The lowest BCUT2D eigenvalue weighted by Crippen LogP contribution is -2.25. The van der Waals surface area contributed by atoms with Crippen LogP contribution in [0.2, 0.25) is 0 Å². The van der Waals surface area contributed by atoms with Crippen LogP contribution in [-0.2, 0) is 17.8 Å². The SMILES string of the molecule is O=C(Cc1cc(O)n2ncnc2n1)NCc1ccccc1. The molecule has 0 fully saturated rings. The van der Waals surface area contributed by atoms with E-state index in [0.717, 1.165) is 5.56 Å². The van der Waals surface area contributed by atoms with E-state index in [1.54, 1.807) is 0 Å². The van der Waals surface area contributed by atoms with Gasteiger partial charge in [-0.1, -0.05) is 30.3 Å². The number of nitrogens with one attached hydrogen (secondary N) is 1. The lowest BCUT2D eigenvalue weighted by molar-refractivity contribution is -0.120. The minimum Gasteiger partial charge on any atom is -0.493 e. The molecule has 2 heterocycles. The van der Waals surface area contributed by atoms with E-state index in [0.29, 0.717) is 12.2 Å². The molecule has 0 unspecified atom stereocenters. The third-order valence-electron chi connectivity index (χ3n) is 2.96. The number of fused-ring (bicyclic) bond motifs is 1. The number of carbonyl (C=O) groups excluding carboxylic acids is 1. The van der Waals surface area contributed by atoms with Gasteiger partial charge >= 0.3 is 0 Å². The molecule has 0 aliphatic rings. The fourth-order valence-electron chi connectivity index (χ4n) is 1.96. The molecule has 7 nitrogen and oxygen atoms in total. The fraction of sp³-hybridized carbons (Fsp3) is 0.143. The standard InChI is InChI=1S/C14H13N5O2/c20-12(15-8-10-4-2-1-3-5-10)6-11-7-13(21)19-14(18-11)16-9-17-19/h1-5,7,9,21H,6,8H2,(H,15,20). The van der Waals surface area contributed by atoms with Gasteiger partial charge in [0.15, 0.2) is 0 Å². The number of aromatic hydroxyl groups is 1. The van der Waals surface area contributed by atoms with Crippen LogP contribution in [0.15, 0.2) is 42.7 Å². The van der Waals surface area contributed by atoms with Crippen LogP contribution in [0, 0.1) is 0 Å². The zero-order valence-electron chi connectivity index (χ0n) is 11.1. The van der Waals surface area contributed by atoms with E-state index in [1.165, 1.54) is 16.9 Å². The van der Waals surface area contributed by atoms with Crippen molar-refractivity contribution in [3.63, 3.8) is 0 Å². The van der Waals surface area contributed by atoms with Crippen LogP contribution >= 0.6 is 0 Å². The fourth-order valence-corrected chi connectivity index (χ4v) is 1.96. The van der Waals surface area contributed by atoms with Gasteiger partial charge in [0.05, 0.1) is 12.1 Å². The molecule has 0 aliphatic heterocycles. The van der Waals surface area contributed by atoms with Gasteiger partial charge in [0, 0.05) is 12.6 Å². The molecule has 2 aromatic heterocycles. The first kappa shape index (κ1) is 13.0. The van der Waals surface area contributed by atoms with Crippen LogP contribution in [0.4, 0.5) is 0 Å². The first-order chi connectivity index (χ1) is 10.2. The Morgan fingerprint density at radius 2 is 2.10 bits per heavy atom. The highest BCUT2D eigenvalue weighted by Crippen LogP contribution is 2.11. The summed E-state index contributed by atoms with van der Waals surface area (Å²) in [5, 5.41) is 16.4. The summed E-state index contributed by atoms with van der Waals surface area (Å²) in [6.45, 7) is 0.457. The van der Waals surface area contributed by atoms with Gasteiger partial charge in [0.25, 0.3) is 5.78 Å². The average molecular weight is 283 g/mol. The van der Waals surface area contributed by atoms with Crippen molar-refractivity contribution >= 4 is 11.7 Å². The average Bonchev–Trinajstić information content (AvgIpc) is 2.95. The second-order valence-corrected chi connectivity index (χ2v) is 4.52. The van der Waals surface area contributed by atoms with E-state index >= 15 is 0 Å². The topological polar surface area (TPSA) is 92.4 Å². The van der Waals surface area contributed by atoms with Crippen LogP contribution in [-0.4, -0.2) is 30.6 Å². The Bertz CT molecular complexity index is 769. The summed E-state index contributed by atoms with van der Waals surface area (Å²) in [5.74, 6) is -0.00108. The first-order valence-electron chi connectivity index (χ1n) is 6.41. The Balaban J connectivity index is 1.66. The number of carbonyl (C=O) groups is 1. The summed E-state index contributed by atoms with van der Waals surface area (Å²) in [5.41, 5.74) is 1.47. The summed E-state index contributed by atoms with van der Waals surface area (Å²) in [6.07, 6.45) is 1.37. The highest BCUT2D eigenvalue weighted by Gasteiger charge is 2.10. The van der Waals surface area contributed by atoms with Crippen LogP contribution in [0.1, 0.15) is 11.3 Å². The Morgan fingerprint density at radius 1 is 1.29 bits per heavy atom. The lowest BCUT2D eigenvalue weighted by atomic mass is 10.2. The molecule has 21 heavy (non-hydrogen) atoms. The normalized spacial score (nSPS) is 10.7. The van der Waals surface area contributed by atoms with Gasteiger partial charge in [-0.05, 0) is 5.56 Å². The Morgan fingerprint density at radius 3 is 2.90 bits per heavy atom. The van der Waals surface area contributed by atoms with Gasteiger partial charge < -0.3 is 10.4 Å². The zero-order valence-corrected chi connectivity index (χ0v) is 11.1. The Labute approximate surface area is 120 Å². The van der Waals surface area contributed by atoms with Gasteiger partial charge in [-0.25, -0.2) is 4.98 Å². The minimum atomic E-state index is -0.172. The second-order valence-electron chi connectivity index (χ2n) is 4.52. The first-order valence-corrected chi connectivity index (χ1v) is 6.41. The predicted molar refractivity (Wildman–Crippen MR) is 74.4 cm³/mol. The quantitative estimate of drug-likeness (QED) is 0.735. The zero-order chi connectivity index (χ0) is 14.7.